The van der Waals surface area contributed by atoms with Crippen molar-refractivity contribution in [3.63, 3.8) is 0 Å². The van der Waals surface area contributed by atoms with Gasteiger partial charge in [-0.25, -0.2) is 0 Å². The number of nitrogens with zero attached hydrogens (tertiary/aromatic N) is 3. The van der Waals surface area contributed by atoms with Crippen LogP contribution in [0, 0.1) is 6.92 Å². The van der Waals surface area contributed by atoms with Crippen LogP contribution in [0.25, 0.3) is 0 Å². The minimum atomic E-state index is 0.910. The maximum absolute atomic E-state index is 4.39. The van der Waals surface area contributed by atoms with Gasteiger partial charge in [-0.05, 0) is 30.5 Å². The zero-order valence-electron chi connectivity index (χ0n) is 9.90. The average Bonchev–Trinajstić information content (AvgIpc) is 2.67. The van der Waals surface area contributed by atoms with E-state index in [2.05, 4.69) is 40.2 Å². The third-order valence-corrected chi connectivity index (χ3v) is 2.87. The van der Waals surface area contributed by atoms with Crippen LogP contribution in [0.1, 0.15) is 11.1 Å². The topological polar surface area (TPSA) is 40.5 Å². The smallest absolute Gasteiger partial charge is 0.193 e. The number of nitrogens with one attached hydrogen (secondary N) is 1. The van der Waals surface area contributed by atoms with Gasteiger partial charge >= 0.3 is 0 Å². The highest BCUT2D eigenvalue weighted by atomic mass is 15.3. The summed E-state index contributed by atoms with van der Waals surface area (Å²) in [6.45, 7) is 4.96. The van der Waals surface area contributed by atoms with Crippen LogP contribution in [0.4, 0.5) is 0 Å². The molecule has 0 amide bonds. The van der Waals surface area contributed by atoms with Crippen molar-refractivity contribution in [3.05, 3.63) is 29.6 Å². The Morgan fingerprint density at radius 2 is 2.38 bits per heavy atom. The van der Waals surface area contributed by atoms with E-state index in [4.69, 9.17) is 0 Å². The van der Waals surface area contributed by atoms with Gasteiger partial charge in [-0.1, -0.05) is 0 Å². The Morgan fingerprint density at radius 1 is 1.50 bits per heavy atom. The molecule has 0 spiro atoms. The predicted octanol–water partition coefficient (Wildman–Crippen LogP) is 0.824. The second-order valence-corrected chi connectivity index (χ2v) is 4.11. The van der Waals surface area contributed by atoms with Crippen molar-refractivity contribution in [3.8, 4) is 0 Å². The zero-order chi connectivity index (χ0) is 11.4. The first-order chi connectivity index (χ1) is 7.77. The van der Waals surface area contributed by atoms with Crippen LogP contribution in [-0.4, -0.2) is 42.5 Å². The summed E-state index contributed by atoms with van der Waals surface area (Å²) in [5.41, 5.74) is 2.61. The Labute approximate surface area is 96.4 Å². The molecule has 4 heteroatoms. The Balaban J connectivity index is 1.82. The zero-order valence-corrected chi connectivity index (χ0v) is 9.90. The lowest BCUT2D eigenvalue weighted by molar-refractivity contribution is 0.534. The Kier molecular flexibility index (Phi) is 3.39. The largest absolute Gasteiger partial charge is 0.356 e. The van der Waals surface area contributed by atoms with E-state index >= 15 is 0 Å². The van der Waals surface area contributed by atoms with Crippen molar-refractivity contribution in [2.75, 3.05) is 26.7 Å². The van der Waals surface area contributed by atoms with Crippen molar-refractivity contribution in [2.24, 2.45) is 4.99 Å². The quantitative estimate of drug-likeness (QED) is 0.816. The minimum absolute atomic E-state index is 0.910. The number of hydrogen-bond acceptors (Lipinski definition) is 4. The molecule has 0 atom stereocenters. The van der Waals surface area contributed by atoms with Gasteiger partial charge in [0.2, 0.25) is 0 Å². The highest BCUT2D eigenvalue weighted by Gasteiger charge is 2.10. The van der Waals surface area contributed by atoms with Crippen molar-refractivity contribution in [1.29, 1.82) is 0 Å². The molecular formula is C12H18N4. The van der Waals surface area contributed by atoms with E-state index in [1.807, 2.05) is 12.4 Å². The number of hydrogen-bond donors (Lipinski definition) is 1. The molecule has 1 aliphatic rings. The number of pyridine rings is 1. The van der Waals surface area contributed by atoms with E-state index in [1.165, 1.54) is 11.1 Å². The van der Waals surface area contributed by atoms with E-state index in [0.29, 0.717) is 0 Å². The summed E-state index contributed by atoms with van der Waals surface area (Å²) < 4.78 is 0. The summed E-state index contributed by atoms with van der Waals surface area (Å²) in [5.74, 6) is 1.02. The van der Waals surface area contributed by atoms with E-state index in [-0.39, 0.29) is 0 Å². The summed E-state index contributed by atoms with van der Waals surface area (Å²) in [7, 11) is 2.07. The summed E-state index contributed by atoms with van der Waals surface area (Å²) in [4.78, 5) is 10.6. The number of aromatic nitrogens is 1. The molecule has 2 rings (SSSR count). The number of likely N-dealkylation sites (N-methyl/N-ethyl adjacent to an activating group) is 1. The van der Waals surface area contributed by atoms with Crippen molar-refractivity contribution in [2.45, 2.75) is 13.3 Å². The van der Waals surface area contributed by atoms with Gasteiger partial charge in [0.25, 0.3) is 0 Å². The lowest BCUT2D eigenvalue weighted by atomic mass is 10.1. The van der Waals surface area contributed by atoms with Gasteiger partial charge in [-0.2, -0.15) is 0 Å². The molecule has 1 N–H and O–H groups in total. The molecule has 1 aromatic heterocycles. The van der Waals surface area contributed by atoms with Crippen molar-refractivity contribution in [1.82, 2.24) is 15.2 Å². The van der Waals surface area contributed by atoms with Gasteiger partial charge in [0.05, 0.1) is 6.54 Å². The molecule has 0 fully saturated rings. The van der Waals surface area contributed by atoms with Crippen LogP contribution in [0.5, 0.6) is 0 Å². The molecule has 0 saturated carbocycles. The van der Waals surface area contributed by atoms with Crippen molar-refractivity contribution < 1.29 is 0 Å². The van der Waals surface area contributed by atoms with Crippen LogP contribution in [-0.2, 0) is 6.42 Å². The first-order valence-electron chi connectivity index (χ1n) is 5.66. The van der Waals surface area contributed by atoms with Gasteiger partial charge in [-0.3, -0.25) is 9.98 Å². The first kappa shape index (κ1) is 10.9. The molecule has 86 valence electrons. The van der Waals surface area contributed by atoms with Gasteiger partial charge in [-0.15, -0.1) is 0 Å². The average molecular weight is 218 g/mol. The fraction of sp³-hybridized carbons (Fsp3) is 0.500. The van der Waals surface area contributed by atoms with Gasteiger partial charge in [0.15, 0.2) is 5.96 Å². The molecule has 0 saturated heterocycles. The molecule has 1 aromatic rings. The SMILES string of the molecule is Cc1cnccc1CCNC1=NCCN1C. The number of rotatable bonds is 3. The van der Waals surface area contributed by atoms with Crippen LogP contribution in [0.15, 0.2) is 23.5 Å². The normalized spacial score (nSPS) is 15.1. The minimum Gasteiger partial charge on any atom is -0.356 e. The Morgan fingerprint density at radius 3 is 3.06 bits per heavy atom. The third-order valence-electron chi connectivity index (χ3n) is 2.87. The van der Waals surface area contributed by atoms with E-state index < -0.39 is 0 Å². The fourth-order valence-electron chi connectivity index (χ4n) is 1.82. The van der Waals surface area contributed by atoms with Crippen LogP contribution < -0.4 is 5.32 Å². The van der Waals surface area contributed by atoms with Gasteiger partial charge < -0.3 is 10.2 Å². The third kappa shape index (κ3) is 2.51. The fourth-order valence-corrected chi connectivity index (χ4v) is 1.82. The number of aliphatic imine (C=N–C) groups is 1. The molecule has 0 aliphatic carbocycles. The van der Waals surface area contributed by atoms with E-state index in [1.54, 1.807) is 0 Å². The standard InChI is InChI=1S/C12H18N4/c1-10-9-13-5-3-11(10)4-6-14-12-15-7-8-16(12)2/h3,5,9H,4,6-8H2,1-2H3,(H,14,15). The molecule has 4 nitrogen and oxygen atoms in total. The molecule has 0 radical (unpaired) electrons. The summed E-state index contributed by atoms with van der Waals surface area (Å²) in [6, 6.07) is 2.08. The summed E-state index contributed by atoms with van der Waals surface area (Å²) in [5, 5.41) is 3.36. The van der Waals surface area contributed by atoms with Gasteiger partial charge in [0, 0.05) is 32.5 Å². The Bertz CT molecular complexity index is 386. The lowest BCUT2D eigenvalue weighted by Gasteiger charge is -2.15. The van der Waals surface area contributed by atoms with Crippen LogP contribution in [0.2, 0.25) is 0 Å². The lowest BCUT2D eigenvalue weighted by Crippen LogP contribution is -2.36. The molecule has 1 aliphatic heterocycles. The number of aryl methyl sites for hydroxylation is 1. The van der Waals surface area contributed by atoms with E-state index in [0.717, 1.165) is 32.0 Å². The first-order valence-corrected chi connectivity index (χ1v) is 5.66. The second kappa shape index (κ2) is 4.96. The summed E-state index contributed by atoms with van der Waals surface area (Å²) >= 11 is 0. The highest BCUT2D eigenvalue weighted by Crippen LogP contribution is 2.05. The van der Waals surface area contributed by atoms with Crippen molar-refractivity contribution >= 4 is 5.96 Å². The maximum atomic E-state index is 4.39. The maximum Gasteiger partial charge on any atom is 0.193 e. The van der Waals surface area contributed by atoms with Gasteiger partial charge in [0.1, 0.15) is 0 Å². The van der Waals surface area contributed by atoms with E-state index in [9.17, 15) is 0 Å². The molecule has 0 bridgehead atoms. The molecule has 16 heavy (non-hydrogen) atoms. The molecule has 2 heterocycles. The summed E-state index contributed by atoms with van der Waals surface area (Å²) in [6.07, 6.45) is 4.78. The van der Waals surface area contributed by atoms with Crippen LogP contribution in [0.3, 0.4) is 0 Å². The highest BCUT2D eigenvalue weighted by molar-refractivity contribution is 5.81. The second-order valence-electron chi connectivity index (χ2n) is 4.11. The molecular weight excluding hydrogens is 200 g/mol. The molecule has 0 aromatic carbocycles. The predicted molar refractivity (Wildman–Crippen MR) is 65.6 cm³/mol. The number of guanidine groups is 1. The Hall–Kier alpha value is -1.58. The molecule has 0 unspecified atom stereocenters. The van der Waals surface area contributed by atoms with Crippen LogP contribution >= 0.6 is 0 Å². The monoisotopic (exact) mass is 218 g/mol.